The molecular formula is C7H4AlClN4. The predicted octanol–water partition coefficient (Wildman–Crippen LogP) is -0.280. The molecule has 0 fully saturated rings. The number of hydrogen-bond acceptors (Lipinski definition) is 4. The third-order valence-corrected chi connectivity index (χ3v) is 2.58. The maximum Gasteiger partial charge on any atom is 0.221 e. The van der Waals surface area contributed by atoms with Crippen LogP contribution < -0.4 is 4.56 Å². The summed E-state index contributed by atoms with van der Waals surface area (Å²) in [5, 5.41) is 8.93. The van der Waals surface area contributed by atoms with E-state index < -0.39 is 0 Å². The highest BCUT2D eigenvalue weighted by molar-refractivity contribution is 6.33. The van der Waals surface area contributed by atoms with E-state index in [1.807, 2.05) is 0 Å². The fraction of sp³-hybridized carbons (Fsp3) is 0.286. The average molecular weight is 207 g/mol. The van der Waals surface area contributed by atoms with Gasteiger partial charge in [0, 0.05) is 0 Å². The minimum Gasteiger partial charge on any atom is -0.300 e. The molecule has 0 N–H and O–H groups in total. The molecule has 0 saturated heterocycles. The Labute approximate surface area is 88.6 Å². The maximum absolute atomic E-state index is 8.69. The van der Waals surface area contributed by atoms with Gasteiger partial charge in [0.05, 0.1) is 18.8 Å². The van der Waals surface area contributed by atoms with Gasteiger partial charge in [-0.05, 0) is 21.7 Å². The van der Waals surface area contributed by atoms with Crippen LogP contribution in [0.4, 0.5) is 0 Å². The van der Waals surface area contributed by atoms with E-state index in [0.717, 1.165) is 15.8 Å². The van der Waals surface area contributed by atoms with Gasteiger partial charge in [-0.3, -0.25) is 0 Å². The summed E-state index contributed by atoms with van der Waals surface area (Å²) >= 11 is 8.19. The number of aromatic nitrogens is 2. The Hall–Kier alpha value is -0.808. The van der Waals surface area contributed by atoms with Crippen molar-refractivity contribution in [1.29, 1.82) is 5.26 Å². The van der Waals surface area contributed by atoms with Crippen molar-refractivity contribution in [2.24, 2.45) is 0 Å². The summed E-state index contributed by atoms with van der Waals surface area (Å²) in [5.74, 6) is 0. The molecule has 0 aliphatic carbocycles. The van der Waals surface area contributed by atoms with Crippen molar-refractivity contribution in [2.45, 2.75) is 13.1 Å². The molecular weight excluding hydrogens is 203 g/mol. The number of nitriles is 1. The lowest BCUT2D eigenvalue weighted by Crippen LogP contribution is -2.17. The van der Waals surface area contributed by atoms with Crippen molar-refractivity contribution < 1.29 is 0 Å². The number of hydrogen-bond donors (Lipinski definition) is 0. The second-order valence-corrected chi connectivity index (χ2v) is 3.64. The molecule has 0 spiro atoms. The molecule has 0 aromatic carbocycles. The summed E-state index contributed by atoms with van der Waals surface area (Å²) in [7, 11) is 0. The SMILES string of the molecule is N#CN1Cc2nc(Cl)n[c]([Al])c2C1. The van der Waals surface area contributed by atoms with Gasteiger partial charge in [-0.15, -0.1) is 0 Å². The third kappa shape index (κ3) is 1.49. The molecule has 1 aromatic rings. The third-order valence-electron chi connectivity index (χ3n) is 1.93. The molecule has 0 bridgehead atoms. The van der Waals surface area contributed by atoms with Gasteiger partial charge in [-0.1, -0.05) is 0 Å². The van der Waals surface area contributed by atoms with Crippen LogP contribution in [0.5, 0.6) is 0 Å². The van der Waals surface area contributed by atoms with Gasteiger partial charge in [0.1, 0.15) is 0 Å². The minimum atomic E-state index is 0.239. The second-order valence-electron chi connectivity index (χ2n) is 2.76. The lowest BCUT2D eigenvalue weighted by molar-refractivity contribution is 0.415. The van der Waals surface area contributed by atoms with Gasteiger partial charge in [-0.2, -0.15) is 5.26 Å². The van der Waals surface area contributed by atoms with E-state index >= 15 is 0 Å². The van der Waals surface area contributed by atoms with Crippen molar-refractivity contribution in [3.63, 3.8) is 0 Å². The summed E-state index contributed by atoms with van der Waals surface area (Å²) in [6.45, 7) is 1.12. The number of fused-ring (bicyclic) bond motifs is 1. The highest BCUT2D eigenvalue weighted by Gasteiger charge is 2.21. The van der Waals surface area contributed by atoms with Gasteiger partial charge in [0.25, 0.3) is 0 Å². The van der Waals surface area contributed by atoms with E-state index in [2.05, 4.69) is 32.5 Å². The highest BCUT2D eigenvalue weighted by atomic mass is 35.5. The molecule has 2 rings (SSSR count). The highest BCUT2D eigenvalue weighted by Crippen LogP contribution is 2.18. The minimum absolute atomic E-state index is 0.239. The van der Waals surface area contributed by atoms with Crippen LogP contribution in [0, 0.1) is 11.5 Å². The normalized spacial score (nSPS) is 14.0. The van der Waals surface area contributed by atoms with Crippen LogP contribution in [0.1, 0.15) is 11.3 Å². The zero-order valence-electron chi connectivity index (χ0n) is 6.66. The topological polar surface area (TPSA) is 52.8 Å². The van der Waals surface area contributed by atoms with Crippen molar-refractivity contribution in [2.75, 3.05) is 0 Å². The molecule has 1 aromatic heterocycles. The molecule has 4 nitrogen and oxygen atoms in total. The van der Waals surface area contributed by atoms with Gasteiger partial charge in [-0.25, -0.2) is 9.97 Å². The van der Waals surface area contributed by atoms with Gasteiger partial charge < -0.3 is 4.90 Å². The molecule has 13 heavy (non-hydrogen) atoms. The number of rotatable bonds is 0. The Morgan fingerprint density at radius 2 is 2.23 bits per heavy atom. The lowest BCUT2D eigenvalue weighted by Gasteiger charge is -2.02. The molecule has 2 heterocycles. The zero-order chi connectivity index (χ0) is 9.42. The summed E-state index contributed by atoms with van der Waals surface area (Å²) < 4.78 is 0.785. The Morgan fingerprint density at radius 3 is 2.92 bits per heavy atom. The van der Waals surface area contributed by atoms with Crippen molar-refractivity contribution in [3.05, 3.63) is 16.5 Å². The average Bonchev–Trinajstić information content (AvgIpc) is 2.47. The summed E-state index contributed by atoms with van der Waals surface area (Å²) in [4.78, 5) is 9.67. The van der Waals surface area contributed by atoms with Crippen LogP contribution in [0.3, 0.4) is 0 Å². The van der Waals surface area contributed by atoms with Crippen LogP contribution >= 0.6 is 11.6 Å². The lowest BCUT2D eigenvalue weighted by atomic mass is 10.3. The number of halogens is 1. The van der Waals surface area contributed by atoms with Crippen molar-refractivity contribution in [3.8, 4) is 6.19 Å². The van der Waals surface area contributed by atoms with Crippen LogP contribution in [0.25, 0.3) is 0 Å². The molecule has 0 unspecified atom stereocenters. The molecule has 0 amide bonds. The van der Waals surface area contributed by atoms with Crippen LogP contribution in [0.15, 0.2) is 0 Å². The molecule has 0 saturated carbocycles. The van der Waals surface area contributed by atoms with E-state index in [1.165, 1.54) is 0 Å². The standard InChI is InChI=1S/C7H4ClN4.Al/c8-7-10-1-5-2-12(4-9)3-6(5)11-7;/h2-3H2;. The van der Waals surface area contributed by atoms with E-state index in [-0.39, 0.29) is 5.28 Å². The number of nitrogens with zero attached hydrogens (tertiary/aromatic N) is 4. The van der Waals surface area contributed by atoms with E-state index in [4.69, 9.17) is 16.9 Å². The molecule has 1 aliphatic heterocycles. The summed E-state index contributed by atoms with van der Waals surface area (Å²) in [6.07, 6.45) is 2.07. The summed E-state index contributed by atoms with van der Waals surface area (Å²) in [6, 6.07) is 0. The van der Waals surface area contributed by atoms with E-state index in [9.17, 15) is 0 Å². The Balaban J connectivity index is 2.47. The Bertz CT molecular complexity index is 400. The first-order valence-corrected chi connectivity index (χ1v) is 4.61. The fourth-order valence-corrected chi connectivity index (χ4v) is 1.97. The predicted molar refractivity (Wildman–Crippen MR) is 47.3 cm³/mol. The maximum atomic E-state index is 8.69. The molecule has 0 atom stereocenters. The quantitative estimate of drug-likeness (QED) is 0.333. The largest absolute Gasteiger partial charge is 0.300 e. The Kier molecular flexibility index (Phi) is 2.13. The van der Waals surface area contributed by atoms with Crippen molar-refractivity contribution >= 4 is 32.4 Å². The smallest absolute Gasteiger partial charge is 0.221 e. The molecule has 6 heteroatoms. The van der Waals surface area contributed by atoms with Crippen LogP contribution in [0.2, 0.25) is 5.28 Å². The fourth-order valence-electron chi connectivity index (χ4n) is 1.32. The molecule has 1 aliphatic rings. The second kappa shape index (κ2) is 3.16. The van der Waals surface area contributed by atoms with Gasteiger partial charge in [0.15, 0.2) is 6.19 Å². The van der Waals surface area contributed by atoms with E-state index in [1.54, 1.807) is 4.90 Å². The zero-order valence-corrected chi connectivity index (χ0v) is 8.57. The van der Waals surface area contributed by atoms with E-state index in [0.29, 0.717) is 13.1 Å². The Morgan fingerprint density at radius 1 is 1.46 bits per heavy atom. The first-order chi connectivity index (χ1) is 6.20. The van der Waals surface area contributed by atoms with Crippen LogP contribution in [-0.2, 0) is 13.1 Å². The van der Waals surface area contributed by atoms with Crippen molar-refractivity contribution in [1.82, 2.24) is 14.9 Å². The van der Waals surface area contributed by atoms with Gasteiger partial charge >= 0.3 is 0 Å². The molecule has 2 radical (unpaired) electrons. The van der Waals surface area contributed by atoms with Gasteiger partial charge in [0.2, 0.25) is 21.6 Å². The first kappa shape index (κ1) is 8.78. The monoisotopic (exact) mass is 206 g/mol. The summed E-state index contributed by atoms with van der Waals surface area (Å²) in [5.41, 5.74) is 1.85. The molecule has 62 valence electrons. The van der Waals surface area contributed by atoms with Crippen LogP contribution in [-0.4, -0.2) is 31.2 Å². The first-order valence-electron chi connectivity index (χ1n) is 3.66.